The number of aliphatic hydroxyl groups excluding tert-OH is 2. The fourth-order valence-electron chi connectivity index (χ4n) is 1.01. The van der Waals surface area contributed by atoms with E-state index >= 15 is 0 Å². The second kappa shape index (κ2) is 5.15. The molecule has 5 N–H and O–H groups in total. The number of aliphatic hydroxyl groups is 2. The minimum absolute atomic E-state index is 0.106. The fraction of sp³-hybridized carbons (Fsp3) is 0.500. The Labute approximate surface area is 90.9 Å². The van der Waals surface area contributed by atoms with Crippen molar-refractivity contribution in [3.05, 3.63) is 11.8 Å². The number of thioether (sulfide) groups is 1. The molecule has 6 nitrogen and oxygen atoms in total. The van der Waals surface area contributed by atoms with Crippen molar-refractivity contribution < 1.29 is 15.0 Å². The molecule has 0 spiro atoms. The lowest BCUT2D eigenvalue weighted by atomic mass is 10.1. The van der Waals surface area contributed by atoms with Crippen molar-refractivity contribution in [1.82, 2.24) is 10.2 Å². The van der Waals surface area contributed by atoms with E-state index in [0.29, 0.717) is 5.69 Å². The quantitative estimate of drug-likeness (QED) is 0.564. The van der Waals surface area contributed by atoms with Gasteiger partial charge in [-0.2, -0.15) is 5.10 Å². The van der Waals surface area contributed by atoms with Crippen molar-refractivity contribution in [1.29, 1.82) is 0 Å². The highest BCUT2D eigenvalue weighted by Crippen LogP contribution is 2.19. The molecule has 0 aliphatic rings. The van der Waals surface area contributed by atoms with Crippen molar-refractivity contribution in [3.63, 3.8) is 0 Å². The molecule has 1 aromatic rings. The van der Waals surface area contributed by atoms with E-state index in [9.17, 15) is 15.0 Å². The zero-order valence-electron chi connectivity index (χ0n) is 8.17. The Hall–Kier alpha value is -1.05. The smallest absolute Gasteiger partial charge is 0.185 e. The number of anilines is 1. The van der Waals surface area contributed by atoms with Gasteiger partial charge in [-0.05, 0) is 0 Å². The summed E-state index contributed by atoms with van der Waals surface area (Å²) in [6.07, 6.45) is -2.14. The standard InChI is InChI=1S/C8H13N3O3S/c1-4(12)15-3-6(13)8(14)5-2-7(9)11-10-5/h2,6,8,13-14H,3H2,1H3,(H3,9,10,11). The lowest BCUT2D eigenvalue weighted by molar-refractivity contribution is -0.109. The Morgan fingerprint density at radius 2 is 2.40 bits per heavy atom. The van der Waals surface area contributed by atoms with Gasteiger partial charge < -0.3 is 15.9 Å². The highest BCUT2D eigenvalue weighted by atomic mass is 32.2. The maximum atomic E-state index is 10.6. The van der Waals surface area contributed by atoms with Gasteiger partial charge in [-0.25, -0.2) is 0 Å². The zero-order valence-corrected chi connectivity index (χ0v) is 8.99. The molecule has 7 heteroatoms. The fourth-order valence-corrected chi connectivity index (χ4v) is 1.59. The molecule has 84 valence electrons. The highest BCUT2D eigenvalue weighted by molar-refractivity contribution is 8.13. The minimum Gasteiger partial charge on any atom is -0.389 e. The first kappa shape index (κ1) is 12.0. The predicted molar refractivity (Wildman–Crippen MR) is 57.1 cm³/mol. The molecule has 1 rings (SSSR count). The lowest BCUT2D eigenvalue weighted by Crippen LogP contribution is -2.21. The molecular formula is C8H13N3O3S. The second-order valence-electron chi connectivity index (χ2n) is 3.06. The van der Waals surface area contributed by atoms with Crippen LogP contribution in [0.5, 0.6) is 0 Å². The Morgan fingerprint density at radius 3 is 2.87 bits per heavy atom. The number of carbonyl (C=O) groups excluding carboxylic acids is 1. The first-order valence-electron chi connectivity index (χ1n) is 4.31. The van der Waals surface area contributed by atoms with Crippen molar-refractivity contribution in [3.8, 4) is 0 Å². The van der Waals surface area contributed by atoms with Crippen molar-refractivity contribution in [2.24, 2.45) is 0 Å². The first-order valence-corrected chi connectivity index (χ1v) is 5.29. The maximum Gasteiger partial charge on any atom is 0.185 e. The number of nitrogens with two attached hydrogens (primary N) is 1. The van der Waals surface area contributed by atoms with Crippen LogP contribution in [0.15, 0.2) is 6.07 Å². The van der Waals surface area contributed by atoms with Crippen molar-refractivity contribution in [2.75, 3.05) is 11.5 Å². The molecular weight excluding hydrogens is 218 g/mol. The highest BCUT2D eigenvalue weighted by Gasteiger charge is 2.20. The van der Waals surface area contributed by atoms with Gasteiger partial charge >= 0.3 is 0 Å². The van der Waals surface area contributed by atoms with Gasteiger partial charge in [-0.1, -0.05) is 11.8 Å². The number of rotatable bonds is 4. The number of nitrogens with zero attached hydrogens (tertiary/aromatic N) is 1. The average molecular weight is 231 g/mol. The van der Waals surface area contributed by atoms with Crippen LogP contribution in [-0.4, -0.2) is 37.4 Å². The van der Waals surface area contributed by atoms with Crippen LogP contribution in [0.4, 0.5) is 5.82 Å². The normalized spacial score (nSPS) is 14.9. The van der Waals surface area contributed by atoms with Crippen LogP contribution >= 0.6 is 11.8 Å². The molecule has 0 aliphatic carbocycles. The van der Waals surface area contributed by atoms with Crippen LogP contribution in [0.1, 0.15) is 18.7 Å². The Bertz CT molecular complexity index is 342. The summed E-state index contributed by atoms with van der Waals surface area (Å²) in [6.45, 7) is 1.40. The SMILES string of the molecule is CC(=O)SCC(O)C(O)c1cc(N)n[nH]1. The third kappa shape index (κ3) is 3.54. The third-order valence-corrected chi connectivity index (χ3v) is 2.67. The number of aromatic amines is 1. The van der Waals surface area contributed by atoms with Gasteiger partial charge in [-0.15, -0.1) is 0 Å². The summed E-state index contributed by atoms with van der Waals surface area (Å²) in [6, 6.07) is 1.44. The number of hydrogen-bond acceptors (Lipinski definition) is 6. The predicted octanol–water partition coefficient (Wildman–Crippen LogP) is -0.334. The minimum atomic E-state index is -1.11. The molecule has 0 fully saturated rings. The van der Waals surface area contributed by atoms with Crippen LogP contribution in [-0.2, 0) is 4.79 Å². The van der Waals surface area contributed by atoms with Crippen LogP contribution in [0, 0.1) is 0 Å². The van der Waals surface area contributed by atoms with Crippen LogP contribution < -0.4 is 5.73 Å². The molecule has 0 aromatic carbocycles. The molecule has 15 heavy (non-hydrogen) atoms. The van der Waals surface area contributed by atoms with Crippen LogP contribution in [0.3, 0.4) is 0 Å². The number of H-pyrrole nitrogens is 1. The molecule has 0 aliphatic heterocycles. The lowest BCUT2D eigenvalue weighted by Gasteiger charge is -2.14. The number of hydrogen-bond donors (Lipinski definition) is 4. The van der Waals surface area contributed by atoms with Gasteiger partial charge in [0.25, 0.3) is 0 Å². The topological polar surface area (TPSA) is 112 Å². The van der Waals surface area contributed by atoms with Gasteiger partial charge in [0.05, 0.1) is 11.8 Å². The summed E-state index contributed by atoms with van der Waals surface area (Å²) in [5.74, 6) is 0.380. The van der Waals surface area contributed by atoms with E-state index < -0.39 is 12.2 Å². The number of nitrogens with one attached hydrogen (secondary N) is 1. The summed E-state index contributed by atoms with van der Waals surface area (Å²) in [7, 11) is 0. The largest absolute Gasteiger partial charge is 0.389 e. The van der Waals surface area contributed by atoms with E-state index in [2.05, 4.69) is 10.2 Å². The molecule has 2 atom stereocenters. The first-order chi connectivity index (χ1) is 7.00. The van der Waals surface area contributed by atoms with Gasteiger partial charge in [0.2, 0.25) is 0 Å². The molecule has 0 radical (unpaired) electrons. The number of aromatic nitrogens is 2. The molecule has 0 amide bonds. The summed E-state index contributed by atoms with van der Waals surface area (Å²) in [4.78, 5) is 10.6. The van der Waals surface area contributed by atoms with Gasteiger partial charge in [-0.3, -0.25) is 9.89 Å². The summed E-state index contributed by atoms with van der Waals surface area (Å²) in [5, 5.41) is 25.1. The molecule has 2 unspecified atom stereocenters. The van der Waals surface area contributed by atoms with E-state index in [4.69, 9.17) is 5.73 Å². The zero-order chi connectivity index (χ0) is 11.4. The summed E-state index contributed by atoms with van der Waals surface area (Å²) in [5.41, 5.74) is 5.68. The molecule has 1 aromatic heterocycles. The van der Waals surface area contributed by atoms with Crippen molar-refractivity contribution >= 4 is 22.7 Å². The molecule has 0 saturated heterocycles. The Balaban J connectivity index is 2.52. The summed E-state index contributed by atoms with van der Waals surface area (Å²) < 4.78 is 0. The summed E-state index contributed by atoms with van der Waals surface area (Å²) >= 11 is 0.955. The molecule has 1 heterocycles. The number of carbonyl (C=O) groups is 1. The van der Waals surface area contributed by atoms with E-state index in [1.165, 1.54) is 13.0 Å². The van der Waals surface area contributed by atoms with Crippen molar-refractivity contribution in [2.45, 2.75) is 19.1 Å². The van der Waals surface area contributed by atoms with Gasteiger partial charge in [0.15, 0.2) is 5.12 Å². The molecule has 0 bridgehead atoms. The van der Waals surface area contributed by atoms with E-state index in [1.54, 1.807) is 0 Å². The second-order valence-corrected chi connectivity index (χ2v) is 4.26. The Morgan fingerprint density at radius 1 is 1.73 bits per heavy atom. The average Bonchev–Trinajstić information content (AvgIpc) is 2.60. The van der Waals surface area contributed by atoms with E-state index in [-0.39, 0.29) is 16.7 Å². The van der Waals surface area contributed by atoms with Gasteiger partial charge in [0.1, 0.15) is 11.9 Å². The third-order valence-electron chi connectivity index (χ3n) is 1.76. The molecule has 0 saturated carbocycles. The van der Waals surface area contributed by atoms with Crippen LogP contribution in [0.25, 0.3) is 0 Å². The van der Waals surface area contributed by atoms with E-state index in [1.807, 2.05) is 0 Å². The van der Waals surface area contributed by atoms with Gasteiger partial charge in [0, 0.05) is 18.7 Å². The van der Waals surface area contributed by atoms with Crippen LogP contribution in [0.2, 0.25) is 0 Å². The Kier molecular flexibility index (Phi) is 4.13. The van der Waals surface area contributed by atoms with E-state index in [0.717, 1.165) is 11.8 Å². The monoisotopic (exact) mass is 231 g/mol. The number of nitrogen functional groups attached to an aromatic ring is 1. The maximum absolute atomic E-state index is 10.6.